The second-order valence-electron chi connectivity index (χ2n) is 12.6. The molecule has 5 heteroatoms. The van der Waals surface area contributed by atoms with Crippen LogP contribution in [0.15, 0.2) is 48.6 Å². The van der Waals surface area contributed by atoms with Gasteiger partial charge in [0.25, 0.3) is 0 Å². The number of hydrogen-bond acceptors (Lipinski definition) is 5. The van der Waals surface area contributed by atoms with E-state index in [1.54, 1.807) is 0 Å². The quantitative estimate of drug-likeness (QED) is 0.0429. The van der Waals surface area contributed by atoms with Crippen LogP contribution >= 0.6 is 0 Å². The number of nitrogens with zero attached hydrogens (tertiary/aromatic N) is 1. The van der Waals surface area contributed by atoms with Crippen molar-refractivity contribution in [3.05, 3.63) is 48.6 Å². The summed E-state index contributed by atoms with van der Waals surface area (Å²) < 4.78 is 0. The van der Waals surface area contributed by atoms with Gasteiger partial charge in [-0.15, -0.1) is 0 Å². The lowest BCUT2D eigenvalue weighted by Crippen LogP contribution is -2.38. The molecule has 0 spiro atoms. The molecule has 0 amide bonds. The molecule has 0 aromatic heterocycles. The van der Waals surface area contributed by atoms with Crippen LogP contribution in [0.25, 0.3) is 0 Å². The van der Waals surface area contributed by atoms with E-state index in [9.17, 15) is 10.2 Å². The van der Waals surface area contributed by atoms with Gasteiger partial charge in [-0.1, -0.05) is 127 Å². The zero-order chi connectivity index (χ0) is 32.2. The molecule has 258 valence electrons. The lowest BCUT2D eigenvalue weighted by molar-refractivity contribution is 0.154. The predicted molar refractivity (Wildman–Crippen MR) is 195 cm³/mol. The minimum absolute atomic E-state index is 0.243. The number of likely N-dealkylation sites (N-methyl/N-ethyl adjacent to an activating group) is 1. The maximum absolute atomic E-state index is 10.3. The normalized spacial score (nSPS) is 14.0. The van der Waals surface area contributed by atoms with Crippen LogP contribution < -0.4 is 10.6 Å². The van der Waals surface area contributed by atoms with E-state index in [0.29, 0.717) is 13.1 Å². The minimum atomic E-state index is -0.243. The standard InChI is InChI=1S/C39H75N3O2/c1-4-6-8-10-12-14-16-18-20-22-24-26-28-30-38(43)36-40-32-34-42(3)35-33-41-37-39(44)31-29-27-25-23-21-19-17-15-13-11-9-7-5-2/h10-13,16-19,38-41,43-44H,4-9,14-15,20-37H2,1-3H3/b12-10-,13-11-,18-16-,19-17-. The molecule has 0 aliphatic carbocycles. The largest absolute Gasteiger partial charge is 0.392 e. The summed E-state index contributed by atoms with van der Waals surface area (Å²) in [4.78, 5) is 2.30. The van der Waals surface area contributed by atoms with E-state index in [4.69, 9.17) is 0 Å². The van der Waals surface area contributed by atoms with Gasteiger partial charge in [0.15, 0.2) is 0 Å². The number of unbranched alkanes of at least 4 members (excludes halogenated alkanes) is 12. The fraction of sp³-hybridized carbons (Fsp3) is 0.795. The highest BCUT2D eigenvalue weighted by Gasteiger charge is 2.06. The monoisotopic (exact) mass is 618 g/mol. The first-order chi connectivity index (χ1) is 21.6. The molecule has 0 heterocycles. The van der Waals surface area contributed by atoms with Crippen LogP contribution in [-0.4, -0.2) is 73.6 Å². The summed E-state index contributed by atoms with van der Waals surface area (Å²) in [7, 11) is 2.13. The molecule has 4 N–H and O–H groups in total. The first-order valence-corrected chi connectivity index (χ1v) is 18.7. The highest BCUT2D eigenvalue weighted by molar-refractivity contribution is 4.93. The third-order valence-corrected chi connectivity index (χ3v) is 8.08. The van der Waals surface area contributed by atoms with E-state index in [0.717, 1.165) is 64.7 Å². The summed E-state index contributed by atoms with van der Waals surface area (Å²) >= 11 is 0. The van der Waals surface area contributed by atoms with Crippen LogP contribution in [0.3, 0.4) is 0 Å². The van der Waals surface area contributed by atoms with Crippen molar-refractivity contribution in [2.45, 2.75) is 154 Å². The second kappa shape index (κ2) is 36.2. The van der Waals surface area contributed by atoms with Gasteiger partial charge in [-0.25, -0.2) is 0 Å². The van der Waals surface area contributed by atoms with Gasteiger partial charge in [-0.3, -0.25) is 0 Å². The summed E-state index contributed by atoms with van der Waals surface area (Å²) in [6.07, 6.45) is 41.4. The van der Waals surface area contributed by atoms with Gasteiger partial charge in [-0.05, 0) is 71.3 Å². The van der Waals surface area contributed by atoms with Crippen molar-refractivity contribution in [1.29, 1.82) is 0 Å². The Bertz CT molecular complexity index is 620. The molecule has 0 rings (SSSR count). The van der Waals surface area contributed by atoms with E-state index in [2.05, 4.69) is 85.0 Å². The van der Waals surface area contributed by atoms with Crippen LogP contribution in [0.1, 0.15) is 142 Å². The molecule has 5 nitrogen and oxygen atoms in total. The van der Waals surface area contributed by atoms with Gasteiger partial charge in [0.05, 0.1) is 12.2 Å². The summed E-state index contributed by atoms with van der Waals surface area (Å²) in [5.74, 6) is 0. The maximum atomic E-state index is 10.3. The van der Waals surface area contributed by atoms with Gasteiger partial charge in [-0.2, -0.15) is 0 Å². The van der Waals surface area contributed by atoms with Crippen molar-refractivity contribution in [3.8, 4) is 0 Å². The number of allylic oxidation sites excluding steroid dienone is 8. The molecular weight excluding hydrogens is 542 g/mol. The molecule has 0 aliphatic rings. The molecule has 0 fully saturated rings. The Balaban J connectivity index is 3.46. The topological polar surface area (TPSA) is 67.8 Å². The van der Waals surface area contributed by atoms with Crippen LogP contribution in [-0.2, 0) is 0 Å². The van der Waals surface area contributed by atoms with Gasteiger partial charge in [0, 0.05) is 39.3 Å². The Morgan fingerprint density at radius 2 is 0.864 bits per heavy atom. The molecule has 0 aromatic carbocycles. The molecule has 0 saturated heterocycles. The van der Waals surface area contributed by atoms with Crippen molar-refractivity contribution in [2.75, 3.05) is 46.3 Å². The Morgan fingerprint density at radius 3 is 1.25 bits per heavy atom. The number of hydrogen-bond donors (Lipinski definition) is 4. The molecule has 44 heavy (non-hydrogen) atoms. The molecular formula is C39H75N3O2. The van der Waals surface area contributed by atoms with Gasteiger partial charge in [0.2, 0.25) is 0 Å². The van der Waals surface area contributed by atoms with Crippen molar-refractivity contribution in [1.82, 2.24) is 15.5 Å². The smallest absolute Gasteiger partial charge is 0.0664 e. The Hall–Kier alpha value is -1.24. The fourth-order valence-electron chi connectivity index (χ4n) is 5.04. The maximum Gasteiger partial charge on any atom is 0.0664 e. The first kappa shape index (κ1) is 42.8. The number of aliphatic hydroxyl groups excluding tert-OH is 2. The van der Waals surface area contributed by atoms with E-state index in [-0.39, 0.29) is 12.2 Å². The zero-order valence-electron chi connectivity index (χ0n) is 29.5. The lowest BCUT2D eigenvalue weighted by atomic mass is 10.1. The first-order valence-electron chi connectivity index (χ1n) is 18.7. The minimum Gasteiger partial charge on any atom is -0.392 e. The average Bonchev–Trinajstić information content (AvgIpc) is 3.02. The van der Waals surface area contributed by atoms with E-state index in [1.165, 1.54) is 89.9 Å². The number of aliphatic hydroxyl groups is 2. The SMILES string of the molecule is CCCC/C=C\C/C=C\CCCCCCC(O)CNCCN(C)CCNCC(O)CCCCCC/C=C\C/C=C\CCCC. The Labute approximate surface area is 274 Å². The molecule has 0 bridgehead atoms. The van der Waals surface area contributed by atoms with Crippen molar-refractivity contribution < 1.29 is 10.2 Å². The van der Waals surface area contributed by atoms with E-state index < -0.39 is 0 Å². The molecule has 2 atom stereocenters. The van der Waals surface area contributed by atoms with Crippen LogP contribution in [0.5, 0.6) is 0 Å². The van der Waals surface area contributed by atoms with Gasteiger partial charge in [0.1, 0.15) is 0 Å². The molecule has 0 radical (unpaired) electrons. The van der Waals surface area contributed by atoms with Crippen LogP contribution in [0.4, 0.5) is 0 Å². The summed E-state index contributed by atoms with van der Waals surface area (Å²) in [6, 6.07) is 0. The van der Waals surface area contributed by atoms with Crippen molar-refractivity contribution in [2.24, 2.45) is 0 Å². The zero-order valence-corrected chi connectivity index (χ0v) is 29.5. The van der Waals surface area contributed by atoms with Crippen LogP contribution in [0, 0.1) is 0 Å². The summed E-state index contributed by atoms with van der Waals surface area (Å²) in [5, 5.41) is 27.3. The van der Waals surface area contributed by atoms with E-state index in [1.807, 2.05) is 0 Å². The third kappa shape index (κ3) is 35.2. The predicted octanol–water partition coefficient (Wildman–Crippen LogP) is 8.89. The molecule has 2 unspecified atom stereocenters. The fourth-order valence-corrected chi connectivity index (χ4v) is 5.04. The Kier molecular flexibility index (Phi) is 35.2. The molecule has 0 aromatic rings. The van der Waals surface area contributed by atoms with Gasteiger partial charge < -0.3 is 25.7 Å². The highest BCUT2D eigenvalue weighted by Crippen LogP contribution is 2.09. The van der Waals surface area contributed by atoms with Gasteiger partial charge >= 0.3 is 0 Å². The summed E-state index contributed by atoms with van der Waals surface area (Å²) in [6.45, 7) is 9.54. The Morgan fingerprint density at radius 1 is 0.500 bits per heavy atom. The number of rotatable bonds is 34. The molecule has 0 saturated carbocycles. The second-order valence-corrected chi connectivity index (χ2v) is 12.6. The summed E-state index contributed by atoms with van der Waals surface area (Å²) in [5.41, 5.74) is 0. The highest BCUT2D eigenvalue weighted by atomic mass is 16.3. The van der Waals surface area contributed by atoms with Crippen molar-refractivity contribution in [3.63, 3.8) is 0 Å². The third-order valence-electron chi connectivity index (χ3n) is 8.08. The molecule has 0 aliphatic heterocycles. The lowest BCUT2D eigenvalue weighted by Gasteiger charge is -2.19. The van der Waals surface area contributed by atoms with E-state index >= 15 is 0 Å². The van der Waals surface area contributed by atoms with Crippen LogP contribution in [0.2, 0.25) is 0 Å². The number of nitrogens with one attached hydrogen (secondary N) is 2. The van der Waals surface area contributed by atoms with Crippen molar-refractivity contribution >= 4 is 0 Å². The average molecular weight is 618 g/mol.